The van der Waals surface area contributed by atoms with Gasteiger partial charge in [-0.25, -0.2) is 13.4 Å². The number of carbonyl (C=O) groups is 1. The molecule has 0 spiro atoms. The number of para-hydroxylation sites is 1. The first-order chi connectivity index (χ1) is 15.0. The molecule has 0 bridgehead atoms. The van der Waals surface area contributed by atoms with Gasteiger partial charge < -0.3 is 9.88 Å². The van der Waals surface area contributed by atoms with E-state index in [0.717, 1.165) is 42.5 Å². The van der Waals surface area contributed by atoms with Crippen LogP contribution in [0, 0.1) is 0 Å². The Morgan fingerprint density at radius 3 is 2.65 bits per heavy atom. The molecule has 0 saturated carbocycles. The summed E-state index contributed by atoms with van der Waals surface area (Å²) in [5.74, 6) is -0.0629. The Balaban J connectivity index is 1.45. The highest BCUT2D eigenvalue weighted by molar-refractivity contribution is 7.89. The van der Waals surface area contributed by atoms with Crippen molar-refractivity contribution in [3.8, 4) is 0 Å². The van der Waals surface area contributed by atoms with Gasteiger partial charge in [0.2, 0.25) is 15.9 Å². The van der Waals surface area contributed by atoms with Gasteiger partial charge in [0.1, 0.15) is 0 Å². The molecule has 1 aliphatic rings. The van der Waals surface area contributed by atoms with Crippen molar-refractivity contribution in [2.75, 3.05) is 18.4 Å². The van der Waals surface area contributed by atoms with E-state index >= 15 is 0 Å². The Bertz CT molecular complexity index is 1180. The molecular formula is C23H28N4O3S. The summed E-state index contributed by atoms with van der Waals surface area (Å²) < 4.78 is 29.3. The molecule has 1 amide bonds. The number of aryl methyl sites for hydroxylation is 2. The molecule has 2 heterocycles. The first-order valence-electron chi connectivity index (χ1n) is 10.8. The Kier molecular flexibility index (Phi) is 6.38. The van der Waals surface area contributed by atoms with Crippen LogP contribution in [0.3, 0.4) is 0 Å². The molecule has 0 aliphatic carbocycles. The minimum atomic E-state index is -3.49. The summed E-state index contributed by atoms with van der Waals surface area (Å²) in [4.78, 5) is 17.1. The molecule has 2 aromatic carbocycles. The molecule has 0 radical (unpaired) electrons. The fourth-order valence-electron chi connectivity index (χ4n) is 4.02. The van der Waals surface area contributed by atoms with Crippen LogP contribution in [0.25, 0.3) is 11.0 Å². The van der Waals surface area contributed by atoms with E-state index in [-0.39, 0.29) is 10.8 Å². The minimum absolute atomic E-state index is 0.0629. The van der Waals surface area contributed by atoms with E-state index in [4.69, 9.17) is 0 Å². The van der Waals surface area contributed by atoms with Gasteiger partial charge in [0.25, 0.3) is 0 Å². The lowest BCUT2D eigenvalue weighted by molar-refractivity contribution is -0.116. The number of imidazole rings is 1. The maximum Gasteiger partial charge on any atom is 0.243 e. The number of fused-ring (bicyclic) bond motifs is 1. The van der Waals surface area contributed by atoms with Gasteiger partial charge in [0.05, 0.1) is 22.3 Å². The minimum Gasteiger partial charge on any atom is -0.330 e. The predicted octanol–water partition coefficient (Wildman–Crippen LogP) is 3.80. The molecule has 3 aromatic rings. The number of aromatic nitrogens is 2. The molecular weight excluding hydrogens is 412 g/mol. The van der Waals surface area contributed by atoms with Gasteiger partial charge in [0, 0.05) is 31.7 Å². The monoisotopic (exact) mass is 440 g/mol. The largest absolute Gasteiger partial charge is 0.330 e. The number of rotatable bonds is 7. The maximum absolute atomic E-state index is 12.9. The van der Waals surface area contributed by atoms with Gasteiger partial charge in [-0.2, -0.15) is 4.31 Å². The van der Waals surface area contributed by atoms with E-state index in [1.54, 1.807) is 28.8 Å². The van der Waals surface area contributed by atoms with E-state index in [0.29, 0.717) is 31.6 Å². The second-order valence-electron chi connectivity index (χ2n) is 7.86. The SMILES string of the molecule is CCc1ccccc1NC(=O)CCn1cnc2cc(S(=O)(=O)N3CCCCC3)ccc21. The average Bonchev–Trinajstić information content (AvgIpc) is 3.21. The quantitative estimate of drug-likeness (QED) is 0.606. The third-order valence-corrected chi connectivity index (χ3v) is 7.69. The standard InChI is InChI=1S/C23H28N4O3S/c1-2-18-8-4-5-9-20(18)25-23(28)12-15-26-17-24-21-16-19(10-11-22(21)26)31(29,30)27-13-6-3-7-14-27/h4-5,8-11,16-17H,2-3,6-7,12-15H2,1H3,(H,25,28). The molecule has 31 heavy (non-hydrogen) atoms. The molecule has 1 N–H and O–H groups in total. The molecule has 7 nitrogen and oxygen atoms in total. The zero-order valence-corrected chi connectivity index (χ0v) is 18.6. The van der Waals surface area contributed by atoms with Gasteiger partial charge in [-0.3, -0.25) is 4.79 Å². The van der Waals surface area contributed by atoms with Gasteiger partial charge in [-0.15, -0.1) is 0 Å². The summed E-state index contributed by atoms with van der Waals surface area (Å²) >= 11 is 0. The summed E-state index contributed by atoms with van der Waals surface area (Å²) in [7, 11) is -3.49. The Morgan fingerprint density at radius 1 is 1.10 bits per heavy atom. The molecule has 1 saturated heterocycles. The summed E-state index contributed by atoms with van der Waals surface area (Å²) in [6.45, 7) is 3.67. The third kappa shape index (κ3) is 4.65. The number of piperidine rings is 1. The van der Waals surface area contributed by atoms with Crippen LogP contribution in [0.4, 0.5) is 5.69 Å². The van der Waals surface area contributed by atoms with E-state index in [1.165, 1.54) is 0 Å². The number of amides is 1. The topological polar surface area (TPSA) is 84.3 Å². The second kappa shape index (κ2) is 9.20. The molecule has 8 heteroatoms. The second-order valence-corrected chi connectivity index (χ2v) is 9.80. The van der Waals surface area contributed by atoms with Crippen molar-refractivity contribution in [2.24, 2.45) is 0 Å². The van der Waals surface area contributed by atoms with Gasteiger partial charge in [-0.05, 0) is 49.1 Å². The van der Waals surface area contributed by atoms with Crippen molar-refractivity contribution in [1.82, 2.24) is 13.9 Å². The first kappa shape index (κ1) is 21.5. The van der Waals surface area contributed by atoms with Gasteiger partial charge >= 0.3 is 0 Å². The molecule has 1 fully saturated rings. The number of nitrogens with zero attached hydrogens (tertiary/aromatic N) is 3. The highest BCUT2D eigenvalue weighted by Crippen LogP contribution is 2.24. The van der Waals surface area contributed by atoms with Crippen LogP contribution < -0.4 is 5.32 Å². The molecule has 4 rings (SSSR count). The van der Waals surface area contributed by atoms with Crippen molar-refractivity contribution in [1.29, 1.82) is 0 Å². The summed E-state index contributed by atoms with van der Waals surface area (Å²) in [5.41, 5.74) is 3.39. The van der Waals surface area contributed by atoms with Crippen molar-refractivity contribution >= 4 is 32.7 Å². The van der Waals surface area contributed by atoms with Crippen LogP contribution in [0.5, 0.6) is 0 Å². The summed E-state index contributed by atoms with van der Waals surface area (Å²) in [5, 5.41) is 2.98. The van der Waals surface area contributed by atoms with Crippen LogP contribution in [0.15, 0.2) is 53.7 Å². The number of carbonyl (C=O) groups excluding carboxylic acids is 1. The van der Waals surface area contributed by atoms with Crippen LogP contribution in [0.2, 0.25) is 0 Å². The van der Waals surface area contributed by atoms with Crippen molar-refractivity contribution in [3.05, 3.63) is 54.4 Å². The highest BCUT2D eigenvalue weighted by atomic mass is 32.2. The zero-order chi connectivity index (χ0) is 21.8. The van der Waals surface area contributed by atoms with Crippen LogP contribution in [-0.4, -0.2) is 41.3 Å². The highest BCUT2D eigenvalue weighted by Gasteiger charge is 2.26. The van der Waals surface area contributed by atoms with E-state index < -0.39 is 10.0 Å². The third-order valence-electron chi connectivity index (χ3n) is 5.80. The Labute approximate surface area is 183 Å². The normalized spacial score (nSPS) is 15.3. The number of nitrogens with one attached hydrogen (secondary N) is 1. The number of hydrogen-bond acceptors (Lipinski definition) is 4. The lowest BCUT2D eigenvalue weighted by atomic mass is 10.1. The van der Waals surface area contributed by atoms with Crippen LogP contribution in [0.1, 0.15) is 38.2 Å². The van der Waals surface area contributed by atoms with Gasteiger partial charge in [0.15, 0.2) is 0 Å². The Morgan fingerprint density at radius 2 is 1.87 bits per heavy atom. The Hall–Kier alpha value is -2.71. The first-order valence-corrected chi connectivity index (χ1v) is 12.3. The number of hydrogen-bond donors (Lipinski definition) is 1. The molecule has 1 aliphatic heterocycles. The van der Waals surface area contributed by atoms with E-state index in [9.17, 15) is 13.2 Å². The predicted molar refractivity (Wildman–Crippen MR) is 121 cm³/mol. The van der Waals surface area contributed by atoms with Crippen molar-refractivity contribution in [2.45, 2.75) is 50.5 Å². The number of anilines is 1. The summed E-state index contributed by atoms with van der Waals surface area (Å²) in [6, 6.07) is 12.8. The van der Waals surface area contributed by atoms with Crippen LogP contribution >= 0.6 is 0 Å². The van der Waals surface area contributed by atoms with Crippen LogP contribution in [-0.2, 0) is 27.8 Å². The van der Waals surface area contributed by atoms with Crippen molar-refractivity contribution in [3.63, 3.8) is 0 Å². The average molecular weight is 441 g/mol. The molecule has 0 atom stereocenters. The lowest BCUT2D eigenvalue weighted by Crippen LogP contribution is -2.35. The molecule has 1 aromatic heterocycles. The van der Waals surface area contributed by atoms with Crippen molar-refractivity contribution < 1.29 is 13.2 Å². The lowest BCUT2D eigenvalue weighted by Gasteiger charge is -2.25. The molecule has 164 valence electrons. The van der Waals surface area contributed by atoms with E-state index in [1.807, 2.05) is 28.8 Å². The zero-order valence-electron chi connectivity index (χ0n) is 17.8. The number of benzene rings is 2. The number of sulfonamides is 1. The fraction of sp³-hybridized carbons (Fsp3) is 0.391. The smallest absolute Gasteiger partial charge is 0.243 e. The van der Waals surface area contributed by atoms with E-state index in [2.05, 4.69) is 17.2 Å². The maximum atomic E-state index is 12.9. The molecule has 0 unspecified atom stereocenters. The fourth-order valence-corrected chi connectivity index (χ4v) is 5.56. The summed E-state index contributed by atoms with van der Waals surface area (Å²) in [6.07, 6.45) is 5.70. The van der Waals surface area contributed by atoms with Gasteiger partial charge in [-0.1, -0.05) is 31.5 Å².